The maximum Gasteiger partial charge on any atom is 0.128 e. The first-order valence-corrected chi connectivity index (χ1v) is 6.98. The lowest BCUT2D eigenvalue weighted by Crippen LogP contribution is -2.27. The Morgan fingerprint density at radius 2 is 2.35 bits per heavy atom. The fourth-order valence-electron chi connectivity index (χ4n) is 3.58. The van der Waals surface area contributed by atoms with Crippen LogP contribution >= 0.6 is 11.6 Å². The van der Waals surface area contributed by atoms with E-state index in [2.05, 4.69) is 10.3 Å². The molecule has 4 heteroatoms. The predicted octanol–water partition coefficient (Wildman–Crippen LogP) is 2.60. The number of hydrogen-bond acceptors (Lipinski definition) is 2. The van der Waals surface area contributed by atoms with Gasteiger partial charge in [-0.25, -0.2) is 4.98 Å². The van der Waals surface area contributed by atoms with Crippen LogP contribution in [0.5, 0.6) is 0 Å². The molecule has 0 aliphatic heterocycles. The van der Waals surface area contributed by atoms with Crippen molar-refractivity contribution in [1.29, 1.82) is 0 Å². The van der Waals surface area contributed by atoms with E-state index in [9.17, 15) is 0 Å². The quantitative estimate of drug-likeness (QED) is 0.894. The Morgan fingerprint density at radius 1 is 1.47 bits per heavy atom. The standard InChI is InChI=1S/C13H20ClN3/c1-17-12(14)7-16-13(17)8-15-6-11-5-9-2-3-10(11)4-9/h7,9-11,15H,2-6,8H2,1H3. The smallest absolute Gasteiger partial charge is 0.128 e. The summed E-state index contributed by atoms with van der Waals surface area (Å²) in [6, 6.07) is 0. The molecule has 1 aromatic rings. The highest BCUT2D eigenvalue weighted by Gasteiger charge is 2.38. The number of hydrogen-bond donors (Lipinski definition) is 1. The molecule has 3 rings (SSSR count). The Morgan fingerprint density at radius 3 is 2.94 bits per heavy atom. The lowest BCUT2D eigenvalue weighted by atomic mass is 9.89. The summed E-state index contributed by atoms with van der Waals surface area (Å²) in [4.78, 5) is 4.30. The summed E-state index contributed by atoms with van der Waals surface area (Å²) in [6.07, 6.45) is 7.59. The predicted molar refractivity (Wildman–Crippen MR) is 68.9 cm³/mol. The highest BCUT2D eigenvalue weighted by Crippen LogP contribution is 2.47. The van der Waals surface area contributed by atoms with E-state index in [1.54, 1.807) is 6.20 Å². The van der Waals surface area contributed by atoms with Gasteiger partial charge in [-0.3, -0.25) is 0 Å². The number of rotatable bonds is 4. The lowest BCUT2D eigenvalue weighted by molar-refractivity contribution is 0.317. The lowest BCUT2D eigenvalue weighted by Gasteiger charge is -2.21. The van der Waals surface area contributed by atoms with E-state index in [1.165, 1.54) is 25.7 Å². The first-order chi connectivity index (χ1) is 8.24. The first kappa shape index (κ1) is 11.5. The highest BCUT2D eigenvalue weighted by atomic mass is 35.5. The van der Waals surface area contributed by atoms with Crippen molar-refractivity contribution in [3.63, 3.8) is 0 Å². The number of nitrogens with zero attached hydrogens (tertiary/aromatic N) is 2. The van der Waals surface area contributed by atoms with Crippen LogP contribution in [-0.4, -0.2) is 16.1 Å². The molecule has 1 N–H and O–H groups in total. The third kappa shape index (κ3) is 2.23. The van der Waals surface area contributed by atoms with Gasteiger partial charge in [0.05, 0.1) is 12.7 Å². The molecule has 3 unspecified atom stereocenters. The van der Waals surface area contributed by atoms with Gasteiger partial charge in [-0.2, -0.15) is 0 Å². The summed E-state index contributed by atoms with van der Waals surface area (Å²) in [5, 5.41) is 4.25. The van der Waals surface area contributed by atoms with Gasteiger partial charge in [0, 0.05) is 7.05 Å². The average Bonchev–Trinajstić information content (AvgIpc) is 3.00. The zero-order valence-electron chi connectivity index (χ0n) is 10.3. The molecule has 17 heavy (non-hydrogen) atoms. The van der Waals surface area contributed by atoms with E-state index < -0.39 is 0 Å². The molecule has 0 amide bonds. The summed E-state index contributed by atoms with van der Waals surface area (Å²) in [7, 11) is 1.96. The molecule has 3 nitrogen and oxygen atoms in total. The Labute approximate surface area is 108 Å². The monoisotopic (exact) mass is 253 g/mol. The Balaban J connectivity index is 1.48. The summed E-state index contributed by atoms with van der Waals surface area (Å²) >= 11 is 5.96. The van der Waals surface area contributed by atoms with Crippen LogP contribution in [0.25, 0.3) is 0 Å². The van der Waals surface area contributed by atoms with E-state index in [4.69, 9.17) is 11.6 Å². The van der Waals surface area contributed by atoms with Crippen LogP contribution < -0.4 is 5.32 Å². The van der Waals surface area contributed by atoms with E-state index >= 15 is 0 Å². The van der Waals surface area contributed by atoms with Crippen LogP contribution in [0.15, 0.2) is 6.20 Å². The molecule has 0 aromatic carbocycles. The molecule has 2 fully saturated rings. The Hall–Kier alpha value is -0.540. The van der Waals surface area contributed by atoms with Gasteiger partial charge in [0.25, 0.3) is 0 Å². The minimum Gasteiger partial charge on any atom is -0.321 e. The Bertz CT molecular complexity index is 401. The second kappa shape index (κ2) is 4.62. The third-order valence-electron chi connectivity index (χ3n) is 4.60. The Kier molecular flexibility index (Phi) is 3.14. The summed E-state index contributed by atoms with van der Waals surface area (Å²) < 4.78 is 1.94. The van der Waals surface area contributed by atoms with Crippen LogP contribution in [-0.2, 0) is 13.6 Å². The number of nitrogens with one attached hydrogen (secondary N) is 1. The SMILES string of the molecule is Cn1c(Cl)cnc1CNCC1CC2CCC1C2. The topological polar surface area (TPSA) is 29.9 Å². The molecule has 0 radical (unpaired) electrons. The molecule has 0 spiro atoms. The molecule has 1 heterocycles. The molecule has 0 saturated heterocycles. The van der Waals surface area contributed by atoms with Crippen molar-refractivity contribution in [2.24, 2.45) is 24.8 Å². The molecule has 2 aliphatic rings. The van der Waals surface area contributed by atoms with E-state index in [-0.39, 0.29) is 0 Å². The van der Waals surface area contributed by atoms with Gasteiger partial charge in [0.1, 0.15) is 11.0 Å². The van der Waals surface area contributed by atoms with Gasteiger partial charge in [0.15, 0.2) is 0 Å². The summed E-state index contributed by atoms with van der Waals surface area (Å²) in [5.74, 6) is 3.97. The van der Waals surface area contributed by atoms with Crippen molar-refractivity contribution < 1.29 is 0 Å². The zero-order valence-corrected chi connectivity index (χ0v) is 11.1. The molecule has 2 saturated carbocycles. The van der Waals surface area contributed by atoms with Crippen LogP contribution in [0.3, 0.4) is 0 Å². The molecule has 2 aliphatic carbocycles. The highest BCUT2D eigenvalue weighted by molar-refractivity contribution is 6.29. The van der Waals surface area contributed by atoms with Crippen LogP contribution in [0.2, 0.25) is 5.15 Å². The zero-order chi connectivity index (χ0) is 11.8. The molecule has 1 aromatic heterocycles. The first-order valence-electron chi connectivity index (χ1n) is 6.61. The molecule has 2 bridgehead atoms. The van der Waals surface area contributed by atoms with Gasteiger partial charge in [0.2, 0.25) is 0 Å². The van der Waals surface area contributed by atoms with Gasteiger partial charge in [-0.05, 0) is 43.6 Å². The fraction of sp³-hybridized carbons (Fsp3) is 0.769. The summed E-state index contributed by atoms with van der Waals surface area (Å²) in [6.45, 7) is 1.97. The minimum absolute atomic E-state index is 0.710. The normalized spacial score (nSPS) is 31.3. The molecule has 94 valence electrons. The van der Waals surface area contributed by atoms with Gasteiger partial charge in [-0.1, -0.05) is 18.0 Å². The van der Waals surface area contributed by atoms with Crippen molar-refractivity contribution in [1.82, 2.24) is 14.9 Å². The van der Waals surface area contributed by atoms with Gasteiger partial charge in [-0.15, -0.1) is 0 Å². The number of fused-ring (bicyclic) bond motifs is 2. The molecular weight excluding hydrogens is 234 g/mol. The van der Waals surface area contributed by atoms with Crippen LogP contribution in [0.4, 0.5) is 0 Å². The number of aromatic nitrogens is 2. The van der Waals surface area contributed by atoms with Crippen LogP contribution in [0, 0.1) is 17.8 Å². The third-order valence-corrected chi connectivity index (χ3v) is 4.95. The van der Waals surface area contributed by atoms with Crippen LogP contribution in [0.1, 0.15) is 31.5 Å². The van der Waals surface area contributed by atoms with Gasteiger partial charge < -0.3 is 9.88 Å². The van der Waals surface area contributed by atoms with Crippen molar-refractivity contribution in [3.8, 4) is 0 Å². The maximum atomic E-state index is 5.96. The minimum atomic E-state index is 0.710. The summed E-state index contributed by atoms with van der Waals surface area (Å²) in [5.41, 5.74) is 0. The van der Waals surface area contributed by atoms with E-state index in [0.717, 1.165) is 36.7 Å². The second-order valence-corrected chi connectivity index (χ2v) is 6.01. The van der Waals surface area contributed by atoms with Crippen molar-refractivity contribution in [2.45, 2.75) is 32.2 Å². The van der Waals surface area contributed by atoms with Crippen molar-refractivity contribution in [3.05, 3.63) is 17.2 Å². The largest absolute Gasteiger partial charge is 0.321 e. The average molecular weight is 254 g/mol. The van der Waals surface area contributed by atoms with Crippen molar-refractivity contribution in [2.75, 3.05) is 6.54 Å². The van der Waals surface area contributed by atoms with E-state index in [0.29, 0.717) is 5.15 Å². The van der Waals surface area contributed by atoms with E-state index in [1.807, 2.05) is 11.6 Å². The maximum absolute atomic E-state index is 5.96. The fourth-order valence-corrected chi connectivity index (χ4v) is 3.73. The van der Waals surface area contributed by atoms with Gasteiger partial charge >= 0.3 is 0 Å². The molecular formula is C13H20ClN3. The number of halogens is 1. The second-order valence-electron chi connectivity index (χ2n) is 5.62. The molecule has 3 atom stereocenters. The van der Waals surface area contributed by atoms with Crippen molar-refractivity contribution >= 4 is 11.6 Å². The number of imidazole rings is 1.